The van der Waals surface area contributed by atoms with Crippen LogP contribution in [0, 0.1) is 24.7 Å². The molecule has 2 unspecified atom stereocenters. The first-order chi connectivity index (χ1) is 11.0. The number of halogens is 1. The first-order valence-corrected chi connectivity index (χ1v) is 8.97. The van der Waals surface area contributed by atoms with Gasteiger partial charge in [0.1, 0.15) is 5.56 Å². The number of nitrogens with one attached hydrogen (secondary N) is 1. The summed E-state index contributed by atoms with van der Waals surface area (Å²) in [5.41, 5.74) is 0.550. The van der Waals surface area contributed by atoms with Crippen molar-refractivity contribution in [1.29, 1.82) is 0 Å². The van der Waals surface area contributed by atoms with E-state index in [1.807, 2.05) is 0 Å². The molecule has 1 N–H and O–H groups in total. The molecule has 1 heterocycles. The number of carbonyl (C=O) groups is 1. The average Bonchev–Trinajstić information content (AvgIpc) is 2.79. The molecule has 1 aromatic heterocycles. The second-order valence-electron chi connectivity index (χ2n) is 6.92. The normalized spacial score (nSPS) is 21.7. The molecule has 0 aliphatic heterocycles. The highest BCUT2D eigenvalue weighted by atomic mass is 19.1. The van der Waals surface area contributed by atoms with Gasteiger partial charge in [-0.05, 0) is 38.0 Å². The summed E-state index contributed by atoms with van der Waals surface area (Å²) in [7, 11) is 1.52. The minimum absolute atomic E-state index is 0.0966. The molecule has 0 spiro atoms. The van der Waals surface area contributed by atoms with Gasteiger partial charge in [0.2, 0.25) is 5.95 Å². The van der Waals surface area contributed by atoms with Crippen LogP contribution < -0.4 is 5.32 Å². The Bertz CT molecular complexity index is 537. The van der Waals surface area contributed by atoms with Crippen molar-refractivity contribution in [3.05, 3.63) is 17.2 Å². The summed E-state index contributed by atoms with van der Waals surface area (Å²) in [6, 6.07) is 0.163. The third kappa shape index (κ3) is 4.12. The maximum atomic E-state index is 14.1. The molecule has 2 rings (SSSR count). The van der Waals surface area contributed by atoms with E-state index in [4.69, 9.17) is 0 Å². The number of aromatic nitrogens is 2. The lowest BCUT2D eigenvalue weighted by Crippen LogP contribution is -2.43. The van der Waals surface area contributed by atoms with Crippen LogP contribution in [-0.2, 0) is 7.05 Å². The van der Waals surface area contributed by atoms with Crippen molar-refractivity contribution in [2.24, 2.45) is 18.9 Å². The fourth-order valence-corrected chi connectivity index (χ4v) is 3.86. The lowest BCUT2D eigenvalue weighted by molar-refractivity contribution is 0.0890. The predicted molar refractivity (Wildman–Crippen MR) is 89.8 cm³/mol. The second-order valence-corrected chi connectivity index (χ2v) is 6.92. The van der Waals surface area contributed by atoms with Gasteiger partial charge in [-0.1, -0.05) is 39.5 Å². The Hall–Kier alpha value is -1.39. The van der Waals surface area contributed by atoms with Crippen LogP contribution in [0.4, 0.5) is 4.39 Å². The van der Waals surface area contributed by atoms with E-state index >= 15 is 0 Å². The molecular weight excluding hydrogens is 293 g/mol. The van der Waals surface area contributed by atoms with Crippen LogP contribution >= 0.6 is 0 Å². The van der Waals surface area contributed by atoms with Gasteiger partial charge < -0.3 is 5.32 Å². The Morgan fingerprint density at radius 2 is 2.00 bits per heavy atom. The third-order valence-corrected chi connectivity index (χ3v) is 5.40. The number of aryl methyl sites for hydroxylation is 2. The first kappa shape index (κ1) is 18.0. The summed E-state index contributed by atoms with van der Waals surface area (Å²) < 4.78 is 15.2. The number of carbonyl (C=O) groups excluding carboxylic acids is 1. The van der Waals surface area contributed by atoms with Gasteiger partial charge >= 0.3 is 0 Å². The summed E-state index contributed by atoms with van der Waals surface area (Å²) in [6.45, 7) is 6.15. The average molecular weight is 323 g/mol. The molecule has 1 amide bonds. The van der Waals surface area contributed by atoms with Crippen molar-refractivity contribution in [2.45, 2.75) is 71.8 Å². The molecule has 0 saturated heterocycles. The minimum Gasteiger partial charge on any atom is -0.349 e. The number of amides is 1. The molecule has 1 saturated carbocycles. The monoisotopic (exact) mass is 323 g/mol. The SMILES string of the molecule is CCC(CC)CC1CCCCC1NC(=O)c1c(C)nn(C)c1F. The van der Waals surface area contributed by atoms with E-state index in [0.717, 1.165) is 36.3 Å². The molecule has 23 heavy (non-hydrogen) atoms. The highest BCUT2D eigenvalue weighted by Crippen LogP contribution is 2.32. The lowest BCUT2D eigenvalue weighted by atomic mass is 9.78. The summed E-state index contributed by atoms with van der Waals surface area (Å²) in [6.07, 6.45) is 8.06. The molecule has 1 fully saturated rings. The van der Waals surface area contributed by atoms with Crippen LogP contribution in [0.3, 0.4) is 0 Å². The van der Waals surface area contributed by atoms with Crippen LogP contribution in [-0.4, -0.2) is 21.7 Å². The molecule has 0 bridgehead atoms. The van der Waals surface area contributed by atoms with Crippen molar-refractivity contribution >= 4 is 5.91 Å². The first-order valence-electron chi connectivity index (χ1n) is 8.97. The molecule has 2 atom stereocenters. The Kier molecular flexibility index (Phi) is 6.19. The topological polar surface area (TPSA) is 46.9 Å². The maximum Gasteiger partial charge on any atom is 0.258 e. The molecule has 0 aromatic carbocycles. The Labute approximate surface area is 138 Å². The van der Waals surface area contributed by atoms with E-state index in [1.54, 1.807) is 6.92 Å². The predicted octanol–water partition coefficient (Wildman–Crippen LogP) is 3.98. The van der Waals surface area contributed by atoms with Crippen molar-refractivity contribution in [3.63, 3.8) is 0 Å². The Morgan fingerprint density at radius 1 is 1.35 bits per heavy atom. The molecule has 0 radical (unpaired) electrons. The lowest BCUT2D eigenvalue weighted by Gasteiger charge is -2.34. The molecule has 1 aromatic rings. The number of nitrogens with zero attached hydrogens (tertiary/aromatic N) is 2. The number of hydrogen-bond donors (Lipinski definition) is 1. The standard InChI is InChI=1S/C18H30FN3O/c1-5-13(6-2)11-14-9-7-8-10-15(14)20-18(23)16-12(3)21-22(4)17(16)19/h13-15H,5-11H2,1-4H3,(H,20,23). The smallest absolute Gasteiger partial charge is 0.258 e. The van der Waals surface area contributed by atoms with Gasteiger partial charge in [-0.2, -0.15) is 9.49 Å². The van der Waals surface area contributed by atoms with Gasteiger partial charge in [0.05, 0.1) is 5.69 Å². The van der Waals surface area contributed by atoms with Crippen LogP contribution in [0.15, 0.2) is 0 Å². The van der Waals surface area contributed by atoms with Crippen LogP contribution in [0.2, 0.25) is 0 Å². The van der Waals surface area contributed by atoms with Crippen molar-refractivity contribution in [2.75, 3.05) is 0 Å². The van der Waals surface area contributed by atoms with Crippen molar-refractivity contribution in [3.8, 4) is 0 Å². The zero-order valence-electron chi connectivity index (χ0n) is 14.9. The van der Waals surface area contributed by atoms with Crippen molar-refractivity contribution < 1.29 is 9.18 Å². The largest absolute Gasteiger partial charge is 0.349 e. The molecule has 1 aliphatic carbocycles. The molecule has 5 heteroatoms. The second kappa shape index (κ2) is 7.93. The van der Waals surface area contributed by atoms with Gasteiger partial charge in [-0.25, -0.2) is 4.68 Å². The van der Waals surface area contributed by atoms with Gasteiger partial charge in [-0.3, -0.25) is 4.79 Å². The molecule has 130 valence electrons. The van der Waals surface area contributed by atoms with Gasteiger partial charge in [0.25, 0.3) is 5.91 Å². The minimum atomic E-state index is -0.549. The fraction of sp³-hybridized carbons (Fsp3) is 0.778. The van der Waals surface area contributed by atoms with E-state index in [0.29, 0.717) is 11.6 Å². The molecule has 1 aliphatic rings. The molecule has 4 nitrogen and oxygen atoms in total. The van der Waals surface area contributed by atoms with E-state index in [2.05, 4.69) is 24.3 Å². The number of rotatable bonds is 6. The maximum absolute atomic E-state index is 14.1. The fourth-order valence-electron chi connectivity index (χ4n) is 3.86. The van der Waals surface area contributed by atoms with Crippen LogP contribution in [0.25, 0.3) is 0 Å². The van der Waals surface area contributed by atoms with E-state index in [1.165, 1.54) is 26.3 Å². The van der Waals surface area contributed by atoms with E-state index < -0.39 is 5.95 Å². The zero-order chi connectivity index (χ0) is 17.0. The summed E-state index contributed by atoms with van der Waals surface area (Å²) >= 11 is 0. The number of hydrogen-bond acceptors (Lipinski definition) is 2. The summed E-state index contributed by atoms with van der Waals surface area (Å²) in [4.78, 5) is 12.5. The van der Waals surface area contributed by atoms with Gasteiger partial charge in [0.15, 0.2) is 0 Å². The van der Waals surface area contributed by atoms with Crippen LogP contribution in [0.5, 0.6) is 0 Å². The van der Waals surface area contributed by atoms with E-state index in [-0.39, 0.29) is 17.5 Å². The highest BCUT2D eigenvalue weighted by molar-refractivity contribution is 5.95. The van der Waals surface area contributed by atoms with Crippen molar-refractivity contribution in [1.82, 2.24) is 15.1 Å². The van der Waals surface area contributed by atoms with Gasteiger partial charge in [-0.15, -0.1) is 0 Å². The highest BCUT2D eigenvalue weighted by Gasteiger charge is 2.30. The Morgan fingerprint density at radius 3 is 2.57 bits per heavy atom. The molecular formula is C18H30FN3O. The van der Waals surface area contributed by atoms with Crippen LogP contribution in [0.1, 0.15) is 74.8 Å². The zero-order valence-corrected chi connectivity index (χ0v) is 14.9. The quantitative estimate of drug-likeness (QED) is 0.860. The Balaban J connectivity index is 2.07. The van der Waals surface area contributed by atoms with E-state index in [9.17, 15) is 9.18 Å². The third-order valence-electron chi connectivity index (χ3n) is 5.40. The summed E-state index contributed by atoms with van der Waals surface area (Å²) in [5, 5.41) is 7.10. The van der Waals surface area contributed by atoms with Gasteiger partial charge in [0, 0.05) is 13.1 Å². The summed E-state index contributed by atoms with van der Waals surface area (Å²) in [5.74, 6) is 0.369.